The molecule has 1 N–H and O–H groups in total. The summed E-state index contributed by atoms with van der Waals surface area (Å²) in [7, 11) is 0. The van der Waals surface area contributed by atoms with E-state index in [1.54, 1.807) is 0 Å². The lowest BCUT2D eigenvalue weighted by molar-refractivity contribution is -0.118. The van der Waals surface area contributed by atoms with Crippen LogP contribution in [0.2, 0.25) is 0 Å². The number of benzene rings is 1. The van der Waals surface area contributed by atoms with E-state index in [1.807, 2.05) is 18.2 Å². The van der Waals surface area contributed by atoms with Crippen LogP contribution in [0.3, 0.4) is 0 Å². The summed E-state index contributed by atoms with van der Waals surface area (Å²) in [4.78, 5) is 13.6. The average molecular weight is 447 g/mol. The van der Waals surface area contributed by atoms with Gasteiger partial charge in [-0.3, -0.25) is 4.79 Å². The predicted octanol–water partition coefficient (Wildman–Crippen LogP) is 5.48. The molecule has 0 radical (unpaired) electrons. The second-order valence-electron chi connectivity index (χ2n) is 7.02. The minimum Gasteiger partial charge on any atom is -0.483 e. The van der Waals surface area contributed by atoms with Crippen LogP contribution < -0.4 is 10.1 Å². The van der Waals surface area contributed by atoms with Crippen LogP contribution in [0, 0.1) is 17.2 Å². The molecule has 1 aromatic carbocycles. The first-order valence-corrected chi connectivity index (χ1v) is 10.9. The Balaban J connectivity index is 1.64. The van der Waals surface area contributed by atoms with Crippen molar-refractivity contribution in [3.8, 4) is 11.8 Å². The normalized spacial score (nSPS) is 15.7. The Labute approximate surface area is 172 Å². The van der Waals surface area contributed by atoms with E-state index in [0.717, 1.165) is 42.1 Å². The number of nitriles is 1. The molecule has 0 aliphatic heterocycles. The highest BCUT2D eigenvalue weighted by Gasteiger charge is 2.24. The van der Waals surface area contributed by atoms with Gasteiger partial charge in [-0.2, -0.15) is 5.26 Å². The van der Waals surface area contributed by atoms with Crippen molar-refractivity contribution in [2.75, 3.05) is 11.9 Å². The Morgan fingerprint density at radius 2 is 2.30 bits per heavy atom. The fraction of sp³-hybridized carbons (Fsp3) is 0.429. The van der Waals surface area contributed by atoms with Crippen LogP contribution in [0.1, 0.15) is 48.3 Å². The number of amides is 1. The van der Waals surface area contributed by atoms with Crippen LogP contribution in [0.15, 0.2) is 22.7 Å². The van der Waals surface area contributed by atoms with E-state index >= 15 is 0 Å². The summed E-state index contributed by atoms with van der Waals surface area (Å²) < 4.78 is 6.51. The molecule has 1 aromatic heterocycles. The molecule has 1 amide bonds. The molecule has 2 aromatic rings. The molecule has 0 bridgehead atoms. The van der Waals surface area contributed by atoms with Crippen molar-refractivity contribution in [2.45, 2.75) is 46.0 Å². The number of fused-ring (bicyclic) bond motifs is 1. The van der Waals surface area contributed by atoms with Crippen molar-refractivity contribution in [1.29, 1.82) is 5.26 Å². The van der Waals surface area contributed by atoms with Gasteiger partial charge in [0.2, 0.25) is 0 Å². The SMILES string of the molecule is CCCc1ccc(OCC(=O)Nc2sc3c(c2C#N)CCC(C)C3)c(Br)c1. The zero-order valence-corrected chi connectivity index (χ0v) is 18.0. The molecule has 1 unspecified atom stereocenters. The molecule has 0 fully saturated rings. The minimum absolute atomic E-state index is 0.0877. The van der Waals surface area contributed by atoms with Gasteiger partial charge in [0.1, 0.15) is 16.8 Å². The smallest absolute Gasteiger partial charge is 0.262 e. The van der Waals surface area contributed by atoms with Crippen LogP contribution in [-0.4, -0.2) is 12.5 Å². The number of nitrogens with one attached hydrogen (secondary N) is 1. The maximum atomic E-state index is 12.4. The number of rotatable bonds is 6. The molecule has 4 nitrogen and oxygen atoms in total. The summed E-state index contributed by atoms with van der Waals surface area (Å²) >= 11 is 5.03. The predicted molar refractivity (Wildman–Crippen MR) is 112 cm³/mol. The van der Waals surface area contributed by atoms with Gasteiger partial charge in [-0.1, -0.05) is 26.3 Å². The van der Waals surface area contributed by atoms with E-state index < -0.39 is 0 Å². The van der Waals surface area contributed by atoms with Gasteiger partial charge in [-0.05, 0) is 70.8 Å². The van der Waals surface area contributed by atoms with Crippen LogP contribution in [-0.2, 0) is 24.1 Å². The van der Waals surface area contributed by atoms with Crippen LogP contribution in [0.25, 0.3) is 0 Å². The lowest BCUT2D eigenvalue weighted by Gasteiger charge is -2.17. The third-order valence-corrected chi connectivity index (χ3v) is 6.56. The maximum Gasteiger partial charge on any atom is 0.262 e. The quantitative estimate of drug-likeness (QED) is 0.638. The number of carbonyl (C=O) groups excluding carboxylic acids is 1. The molecule has 0 saturated carbocycles. The average Bonchev–Trinajstić information content (AvgIpc) is 2.97. The summed E-state index contributed by atoms with van der Waals surface area (Å²) in [5.41, 5.74) is 2.98. The molecule has 3 rings (SSSR count). The largest absolute Gasteiger partial charge is 0.483 e. The number of ether oxygens (including phenoxy) is 1. The fourth-order valence-corrected chi connectivity index (χ4v) is 5.29. The second kappa shape index (κ2) is 8.90. The first kappa shape index (κ1) is 19.9. The Morgan fingerprint density at radius 3 is 3.00 bits per heavy atom. The molecule has 1 heterocycles. The Kier molecular flexibility index (Phi) is 6.56. The summed E-state index contributed by atoms with van der Waals surface area (Å²) in [6.45, 7) is 4.28. The molecular formula is C21H23BrN2O2S. The van der Waals surface area contributed by atoms with E-state index in [1.165, 1.54) is 21.8 Å². The van der Waals surface area contributed by atoms with Gasteiger partial charge in [0.15, 0.2) is 6.61 Å². The zero-order chi connectivity index (χ0) is 19.4. The number of thiophene rings is 1. The number of nitrogens with zero attached hydrogens (tertiary/aromatic N) is 1. The third kappa shape index (κ3) is 4.72. The number of hydrogen-bond donors (Lipinski definition) is 1. The Bertz CT molecular complexity index is 885. The molecule has 27 heavy (non-hydrogen) atoms. The highest BCUT2D eigenvalue weighted by Crippen LogP contribution is 2.39. The molecule has 0 saturated heterocycles. The molecular weight excluding hydrogens is 424 g/mol. The monoisotopic (exact) mass is 446 g/mol. The van der Waals surface area contributed by atoms with Gasteiger partial charge in [0.25, 0.3) is 5.91 Å². The highest BCUT2D eigenvalue weighted by atomic mass is 79.9. The Morgan fingerprint density at radius 1 is 1.48 bits per heavy atom. The Hall–Kier alpha value is -1.84. The van der Waals surface area contributed by atoms with Crippen molar-refractivity contribution in [3.05, 3.63) is 44.2 Å². The molecule has 1 aliphatic carbocycles. The van der Waals surface area contributed by atoms with Gasteiger partial charge in [0.05, 0.1) is 10.0 Å². The van der Waals surface area contributed by atoms with Crippen LogP contribution >= 0.6 is 27.3 Å². The van der Waals surface area contributed by atoms with Gasteiger partial charge >= 0.3 is 0 Å². The standard InChI is InChI=1S/C21H23BrN2O2S/c1-3-4-14-6-8-18(17(22)10-14)26-12-20(25)24-21-16(11-23)15-7-5-13(2)9-19(15)27-21/h6,8,10,13H,3-5,7,9,12H2,1-2H3,(H,24,25). The third-order valence-electron chi connectivity index (χ3n) is 4.77. The number of halogens is 1. The van der Waals surface area contributed by atoms with E-state index in [0.29, 0.717) is 22.2 Å². The summed E-state index contributed by atoms with van der Waals surface area (Å²) in [6, 6.07) is 8.20. The van der Waals surface area contributed by atoms with Gasteiger partial charge in [-0.15, -0.1) is 11.3 Å². The van der Waals surface area contributed by atoms with Crippen LogP contribution in [0.5, 0.6) is 5.75 Å². The minimum atomic E-state index is -0.248. The zero-order valence-electron chi connectivity index (χ0n) is 15.6. The molecule has 6 heteroatoms. The molecule has 142 valence electrons. The number of anilines is 1. The number of aryl methyl sites for hydroxylation is 1. The molecule has 1 aliphatic rings. The number of carbonyl (C=O) groups is 1. The van der Waals surface area contributed by atoms with E-state index in [2.05, 4.69) is 41.2 Å². The summed E-state index contributed by atoms with van der Waals surface area (Å²) in [5.74, 6) is 1.02. The van der Waals surface area contributed by atoms with Gasteiger partial charge < -0.3 is 10.1 Å². The van der Waals surface area contributed by atoms with Crippen molar-refractivity contribution in [1.82, 2.24) is 0 Å². The molecule has 1 atom stereocenters. The molecule has 0 spiro atoms. The maximum absolute atomic E-state index is 12.4. The summed E-state index contributed by atoms with van der Waals surface area (Å²) in [6.07, 6.45) is 5.09. The van der Waals surface area contributed by atoms with E-state index in [9.17, 15) is 10.1 Å². The second-order valence-corrected chi connectivity index (χ2v) is 8.98. The summed E-state index contributed by atoms with van der Waals surface area (Å²) in [5, 5.41) is 13.1. The van der Waals surface area contributed by atoms with Crippen molar-refractivity contribution in [3.63, 3.8) is 0 Å². The van der Waals surface area contributed by atoms with Crippen molar-refractivity contribution < 1.29 is 9.53 Å². The topological polar surface area (TPSA) is 62.1 Å². The highest BCUT2D eigenvalue weighted by molar-refractivity contribution is 9.10. The number of hydrogen-bond acceptors (Lipinski definition) is 4. The van der Waals surface area contributed by atoms with Crippen molar-refractivity contribution >= 4 is 38.2 Å². The lowest BCUT2D eigenvalue weighted by Crippen LogP contribution is -2.20. The van der Waals surface area contributed by atoms with Crippen LogP contribution in [0.4, 0.5) is 5.00 Å². The first-order chi connectivity index (χ1) is 13.0. The van der Waals surface area contributed by atoms with Gasteiger partial charge in [0, 0.05) is 4.88 Å². The lowest BCUT2D eigenvalue weighted by atomic mass is 9.89. The van der Waals surface area contributed by atoms with Crippen molar-refractivity contribution in [2.24, 2.45) is 5.92 Å². The van der Waals surface area contributed by atoms with E-state index in [4.69, 9.17) is 4.74 Å². The van der Waals surface area contributed by atoms with E-state index in [-0.39, 0.29) is 12.5 Å². The van der Waals surface area contributed by atoms with Gasteiger partial charge in [-0.25, -0.2) is 0 Å². The first-order valence-electron chi connectivity index (χ1n) is 9.27. The fourth-order valence-electron chi connectivity index (χ4n) is 3.37.